The molecule has 0 spiro atoms. The molecule has 0 atom stereocenters. The zero-order chi connectivity index (χ0) is 16.7. The Morgan fingerprint density at radius 3 is 1.74 bits per heavy atom. The van der Waals surface area contributed by atoms with Crippen LogP contribution in [0.25, 0.3) is 11.1 Å². The van der Waals surface area contributed by atoms with E-state index < -0.39 is 11.7 Å². The van der Waals surface area contributed by atoms with Crippen LogP contribution in [-0.2, 0) is 12.6 Å². The van der Waals surface area contributed by atoms with Crippen LogP contribution in [0.2, 0.25) is 0 Å². The maximum Gasteiger partial charge on any atom is 0.416 e. The molecule has 124 valence electrons. The number of unbranched alkanes of at least 4 members (excludes halogenated alkanes) is 3. The van der Waals surface area contributed by atoms with Crippen molar-refractivity contribution >= 4 is 0 Å². The summed E-state index contributed by atoms with van der Waals surface area (Å²) in [6.07, 6.45) is 0.769. The van der Waals surface area contributed by atoms with Gasteiger partial charge in [-0.3, -0.25) is 0 Å². The Hall–Kier alpha value is -1.81. The zero-order valence-electron chi connectivity index (χ0n) is 12.9. The quantitative estimate of drug-likeness (QED) is 0.670. The highest BCUT2D eigenvalue weighted by Crippen LogP contribution is 2.31. The second kappa shape index (κ2) is 8.16. The Labute approximate surface area is 134 Å². The largest absolute Gasteiger partial charge is 0.416 e. The van der Waals surface area contributed by atoms with E-state index in [1.165, 1.54) is 17.7 Å². The molecule has 2 aromatic carbocycles. The molecule has 23 heavy (non-hydrogen) atoms. The normalized spacial score (nSPS) is 11.7. The van der Waals surface area contributed by atoms with Crippen molar-refractivity contribution in [3.63, 3.8) is 0 Å². The van der Waals surface area contributed by atoms with Gasteiger partial charge in [-0.1, -0.05) is 49.2 Å². The molecule has 0 bridgehead atoms. The molecule has 0 amide bonds. The first-order valence-electron chi connectivity index (χ1n) is 7.88. The number of rotatable bonds is 7. The van der Waals surface area contributed by atoms with Gasteiger partial charge in [0.05, 0.1) is 5.56 Å². The highest BCUT2D eigenvalue weighted by Gasteiger charge is 2.29. The Kier molecular flexibility index (Phi) is 6.22. The predicted molar refractivity (Wildman–Crippen MR) is 86.1 cm³/mol. The molecule has 0 aliphatic rings. The molecule has 2 aromatic rings. The molecule has 2 rings (SSSR count). The Morgan fingerprint density at radius 2 is 1.22 bits per heavy atom. The second-order valence-electron chi connectivity index (χ2n) is 5.66. The second-order valence-corrected chi connectivity index (χ2v) is 5.66. The third-order valence-electron chi connectivity index (χ3n) is 3.87. The lowest BCUT2D eigenvalue weighted by atomic mass is 10.00. The van der Waals surface area contributed by atoms with Crippen molar-refractivity contribution in [2.24, 2.45) is 0 Å². The summed E-state index contributed by atoms with van der Waals surface area (Å²) in [4.78, 5) is 0. The van der Waals surface area contributed by atoms with Gasteiger partial charge >= 0.3 is 6.18 Å². The van der Waals surface area contributed by atoms with Crippen molar-refractivity contribution in [1.29, 1.82) is 0 Å². The van der Waals surface area contributed by atoms with Gasteiger partial charge in [0.25, 0.3) is 0 Å². The molecule has 4 heteroatoms. The lowest BCUT2D eigenvalue weighted by Gasteiger charge is -2.08. The first-order valence-corrected chi connectivity index (χ1v) is 7.88. The molecule has 1 N–H and O–H groups in total. The highest BCUT2D eigenvalue weighted by atomic mass is 19.4. The van der Waals surface area contributed by atoms with Crippen molar-refractivity contribution in [2.75, 3.05) is 6.61 Å². The Morgan fingerprint density at radius 1 is 0.696 bits per heavy atom. The molecule has 0 saturated carbocycles. The van der Waals surface area contributed by atoms with Crippen LogP contribution in [0.15, 0.2) is 48.5 Å². The zero-order valence-corrected chi connectivity index (χ0v) is 12.9. The number of aliphatic hydroxyl groups is 1. The topological polar surface area (TPSA) is 20.2 Å². The predicted octanol–water partition coefficient (Wildman–Crippen LogP) is 5.47. The molecule has 0 aliphatic heterocycles. The van der Waals surface area contributed by atoms with Crippen LogP contribution in [0.5, 0.6) is 0 Å². The lowest BCUT2D eigenvalue weighted by molar-refractivity contribution is -0.137. The summed E-state index contributed by atoms with van der Waals surface area (Å²) in [7, 11) is 0. The number of aryl methyl sites for hydroxylation is 1. The summed E-state index contributed by atoms with van der Waals surface area (Å²) in [5.74, 6) is 0. The van der Waals surface area contributed by atoms with Crippen LogP contribution in [-0.4, -0.2) is 11.7 Å². The standard InChI is InChI=1S/C19H21F3O/c20-19(21,22)18-12-10-17(11-13-18)16-8-6-15(7-9-16)5-3-1-2-4-14-23/h6-13,23H,1-5,14H2. The van der Waals surface area contributed by atoms with Crippen molar-refractivity contribution in [2.45, 2.75) is 38.3 Å². The summed E-state index contributed by atoms with van der Waals surface area (Å²) < 4.78 is 37.7. The van der Waals surface area contributed by atoms with Crippen molar-refractivity contribution < 1.29 is 18.3 Å². The van der Waals surface area contributed by atoms with E-state index in [0.29, 0.717) is 0 Å². The van der Waals surface area contributed by atoms with Crippen molar-refractivity contribution in [3.05, 3.63) is 59.7 Å². The Balaban J connectivity index is 1.94. The Bertz CT molecular complexity index is 586. The highest BCUT2D eigenvalue weighted by molar-refractivity contribution is 5.64. The third-order valence-corrected chi connectivity index (χ3v) is 3.87. The SMILES string of the molecule is OCCCCCCc1ccc(-c2ccc(C(F)(F)F)cc2)cc1. The lowest BCUT2D eigenvalue weighted by Crippen LogP contribution is -2.03. The summed E-state index contributed by atoms with van der Waals surface area (Å²) >= 11 is 0. The molecule has 0 unspecified atom stereocenters. The number of alkyl halides is 3. The summed E-state index contributed by atoms with van der Waals surface area (Å²) in [6, 6.07) is 13.2. The average Bonchev–Trinajstić information content (AvgIpc) is 2.55. The van der Waals surface area contributed by atoms with Crippen LogP contribution in [0, 0.1) is 0 Å². The van der Waals surface area contributed by atoms with E-state index in [0.717, 1.165) is 55.4 Å². The van der Waals surface area contributed by atoms with Crippen molar-refractivity contribution in [1.82, 2.24) is 0 Å². The fraction of sp³-hybridized carbons (Fsp3) is 0.368. The minimum Gasteiger partial charge on any atom is -0.396 e. The van der Waals surface area contributed by atoms with Gasteiger partial charge < -0.3 is 5.11 Å². The van der Waals surface area contributed by atoms with E-state index in [4.69, 9.17) is 5.11 Å². The summed E-state index contributed by atoms with van der Waals surface area (Å²) in [6.45, 7) is 0.252. The number of hydrogen-bond acceptors (Lipinski definition) is 1. The van der Waals surface area contributed by atoms with Crippen LogP contribution < -0.4 is 0 Å². The molecule has 1 nitrogen and oxygen atoms in total. The average molecular weight is 322 g/mol. The van der Waals surface area contributed by atoms with Crippen LogP contribution in [0.3, 0.4) is 0 Å². The first kappa shape index (κ1) is 17.5. The molecule has 0 heterocycles. The van der Waals surface area contributed by atoms with E-state index in [1.54, 1.807) is 0 Å². The van der Waals surface area contributed by atoms with Gasteiger partial charge in [0, 0.05) is 6.61 Å². The maximum absolute atomic E-state index is 12.6. The van der Waals surface area contributed by atoms with Gasteiger partial charge in [-0.2, -0.15) is 13.2 Å². The maximum atomic E-state index is 12.6. The van der Waals surface area contributed by atoms with Gasteiger partial charge in [-0.25, -0.2) is 0 Å². The first-order chi connectivity index (χ1) is 11.0. The molecule has 0 radical (unpaired) electrons. The van der Waals surface area contributed by atoms with E-state index in [2.05, 4.69) is 0 Å². The number of aliphatic hydroxyl groups excluding tert-OH is 1. The smallest absolute Gasteiger partial charge is 0.396 e. The van der Waals surface area contributed by atoms with Gasteiger partial charge in [-0.15, -0.1) is 0 Å². The van der Waals surface area contributed by atoms with E-state index in [-0.39, 0.29) is 6.61 Å². The third kappa shape index (κ3) is 5.39. The van der Waals surface area contributed by atoms with Crippen LogP contribution in [0.1, 0.15) is 36.8 Å². The summed E-state index contributed by atoms with van der Waals surface area (Å²) in [5.41, 5.74) is 2.31. The number of halogens is 3. The number of benzene rings is 2. The molecule has 0 aliphatic carbocycles. The van der Waals surface area contributed by atoms with Crippen LogP contribution >= 0.6 is 0 Å². The molecular weight excluding hydrogens is 301 g/mol. The fourth-order valence-corrected chi connectivity index (χ4v) is 2.51. The van der Waals surface area contributed by atoms with Gasteiger partial charge in [-0.05, 0) is 48.1 Å². The van der Waals surface area contributed by atoms with E-state index in [9.17, 15) is 13.2 Å². The minimum absolute atomic E-state index is 0.252. The fourth-order valence-electron chi connectivity index (χ4n) is 2.51. The monoisotopic (exact) mass is 322 g/mol. The van der Waals surface area contributed by atoms with Gasteiger partial charge in [0.1, 0.15) is 0 Å². The van der Waals surface area contributed by atoms with E-state index in [1.807, 2.05) is 24.3 Å². The molecular formula is C19H21F3O. The van der Waals surface area contributed by atoms with Gasteiger partial charge in [0.15, 0.2) is 0 Å². The van der Waals surface area contributed by atoms with E-state index >= 15 is 0 Å². The summed E-state index contributed by atoms with van der Waals surface area (Å²) in [5, 5.41) is 8.72. The number of hydrogen-bond donors (Lipinski definition) is 1. The van der Waals surface area contributed by atoms with Crippen molar-refractivity contribution in [3.8, 4) is 11.1 Å². The molecule has 0 saturated heterocycles. The van der Waals surface area contributed by atoms with Gasteiger partial charge in [0.2, 0.25) is 0 Å². The molecule has 0 fully saturated rings. The van der Waals surface area contributed by atoms with Crippen LogP contribution in [0.4, 0.5) is 13.2 Å². The minimum atomic E-state index is -4.29. The molecule has 0 aromatic heterocycles.